The van der Waals surface area contributed by atoms with E-state index in [2.05, 4.69) is 15.2 Å². The number of primary amides is 1. The smallest absolute Gasteiger partial charge is 0.270 e. The number of hydrogen-bond acceptors (Lipinski definition) is 5. The van der Waals surface area contributed by atoms with Crippen LogP contribution in [0.3, 0.4) is 0 Å². The number of nitrogens with zero attached hydrogens (tertiary/aromatic N) is 5. The van der Waals surface area contributed by atoms with Gasteiger partial charge < -0.3 is 10.6 Å². The van der Waals surface area contributed by atoms with E-state index in [4.69, 9.17) is 5.73 Å². The molecule has 2 N–H and O–H groups in total. The normalized spacial score (nSPS) is 25.9. The van der Waals surface area contributed by atoms with E-state index < -0.39 is 5.91 Å². The summed E-state index contributed by atoms with van der Waals surface area (Å²) in [6, 6.07) is 0.790. The van der Waals surface area contributed by atoms with Crippen LogP contribution in [0.2, 0.25) is 0 Å². The predicted molar refractivity (Wildman–Crippen MR) is 90.7 cm³/mol. The number of likely N-dealkylation sites (tertiary alicyclic amines) is 2. The zero-order valence-corrected chi connectivity index (χ0v) is 14.5. The fourth-order valence-corrected chi connectivity index (χ4v) is 4.40. The standard InChI is InChI=1S/C17H26N6O2/c18-16(24)15-11-23(20-19-15)14-9-22(10-14)17(25)12-6-7-21(8-12)13-4-2-1-3-5-13/h11-14H,1-10H2,(H2,18,24). The van der Waals surface area contributed by atoms with Gasteiger partial charge in [-0.15, -0.1) is 5.10 Å². The third-order valence-corrected chi connectivity index (χ3v) is 5.97. The third-order valence-electron chi connectivity index (χ3n) is 5.97. The molecule has 1 aliphatic carbocycles. The first-order valence-electron chi connectivity index (χ1n) is 9.36. The number of carbonyl (C=O) groups is 2. The number of aromatic nitrogens is 3. The summed E-state index contributed by atoms with van der Waals surface area (Å²) >= 11 is 0. The molecule has 8 heteroatoms. The van der Waals surface area contributed by atoms with Crippen molar-refractivity contribution in [1.82, 2.24) is 24.8 Å². The molecule has 1 saturated carbocycles. The van der Waals surface area contributed by atoms with Gasteiger partial charge in [0.15, 0.2) is 5.69 Å². The Bertz CT molecular complexity index is 647. The van der Waals surface area contributed by atoms with Gasteiger partial charge in [0.05, 0.1) is 18.2 Å². The van der Waals surface area contributed by atoms with E-state index in [0.29, 0.717) is 19.1 Å². The Morgan fingerprint density at radius 2 is 1.80 bits per heavy atom. The lowest BCUT2D eigenvalue weighted by atomic mass is 9.94. The van der Waals surface area contributed by atoms with Crippen molar-refractivity contribution in [2.45, 2.75) is 50.6 Å². The molecule has 1 unspecified atom stereocenters. The van der Waals surface area contributed by atoms with E-state index in [0.717, 1.165) is 19.5 Å². The molecule has 2 aliphatic heterocycles. The molecular formula is C17H26N6O2. The number of rotatable bonds is 4. The van der Waals surface area contributed by atoms with E-state index in [9.17, 15) is 9.59 Å². The highest BCUT2D eigenvalue weighted by molar-refractivity contribution is 5.90. The van der Waals surface area contributed by atoms with Crippen LogP contribution in [0.5, 0.6) is 0 Å². The number of amides is 2. The van der Waals surface area contributed by atoms with Crippen LogP contribution in [0.25, 0.3) is 0 Å². The molecule has 2 amide bonds. The van der Waals surface area contributed by atoms with Crippen LogP contribution >= 0.6 is 0 Å². The van der Waals surface area contributed by atoms with Crippen molar-refractivity contribution >= 4 is 11.8 Å². The van der Waals surface area contributed by atoms with Crippen LogP contribution in [0.1, 0.15) is 55.1 Å². The van der Waals surface area contributed by atoms with Crippen molar-refractivity contribution in [2.24, 2.45) is 11.7 Å². The summed E-state index contributed by atoms with van der Waals surface area (Å²) in [6.45, 7) is 3.25. The van der Waals surface area contributed by atoms with Gasteiger partial charge in [-0.1, -0.05) is 24.5 Å². The van der Waals surface area contributed by atoms with Crippen molar-refractivity contribution in [3.05, 3.63) is 11.9 Å². The minimum Gasteiger partial charge on any atom is -0.364 e. The summed E-state index contributed by atoms with van der Waals surface area (Å²) in [5.41, 5.74) is 5.37. The van der Waals surface area contributed by atoms with E-state index in [-0.39, 0.29) is 23.6 Å². The third kappa shape index (κ3) is 3.27. The van der Waals surface area contributed by atoms with Crippen molar-refractivity contribution in [3.63, 3.8) is 0 Å². The second kappa shape index (κ2) is 6.74. The average molecular weight is 346 g/mol. The summed E-state index contributed by atoms with van der Waals surface area (Å²) in [4.78, 5) is 28.3. The summed E-state index contributed by atoms with van der Waals surface area (Å²) in [5.74, 6) is -0.170. The molecule has 0 bridgehead atoms. The van der Waals surface area contributed by atoms with E-state index in [1.807, 2.05) is 4.90 Å². The first-order chi connectivity index (χ1) is 12.1. The molecule has 0 radical (unpaired) electrons. The van der Waals surface area contributed by atoms with Crippen LogP contribution in [-0.2, 0) is 4.79 Å². The lowest BCUT2D eigenvalue weighted by Crippen LogP contribution is -2.53. The maximum atomic E-state index is 12.7. The van der Waals surface area contributed by atoms with Gasteiger partial charge in [-0.3, -0.25) is 14.5 Å². The molecule has 0 spiro atoms. The van der Waals surface area contributed by atoms with Gasteiger partial charge >= 0.3 is 0 Å². The maximum Gasteiger partial charge on any atom is 0.270 e. The van der Waals surface area contributed by atoms with Crippen LogP contribution in [0.15, 0.2) is 6.20 Å². The van der Waals surface area contributed by atoms with Gasteiger partial charge in [-0.25, -0.2) is 4.68 Å². The molecule has 1 atom stereocenters. The molecular weight excluding hydrogens is 320 g/mol. The first-order valence-corrected chi connectivity index (χ1v) is 9.36. The minimum atomic E-state index is -0.577. The van der Waals surface area contributed by atoms with Gasteiger partial charge in [0.1, 0.15) is 0 Å². The van der Waals surface area contributed by atoms with Crippen LogP contribution in [0.4, 0.5) is 0 Å². The highest BCUT2D eigenvalue weighted by Gasteiger charge is 2.39. The molecule has 8 nitrogen and oxygen atoms in total. The molecule has 0 aromatic carbocycles. The van der Waals surface area contributed by atoms with Crippen molar-refractivity contribution < 1.29 is 9.59 Å². The molecule has 1 aromatic rings. The van der Waals surface area contributed by atoms with Gasteiger partial charge in [0, 0.05) is 25.7 Å². The Hall–Kier alpha value is -1.96. The molecule has 4 rings (SSSR count). The number of carbonyl (C=O) groups excluding carboxylic acids is 2. The fraction of sp³-hybridized carbons (Fsp3) is 0.765. The number of hydrogen-bond donors (Lipinski definition) is 1. The van der Waals surface area contributed by atoms with E-state index >= 15 is 0 Å². The Morgan fingerprint density at radius 3 is 2.48 bits per heavy atom. The van der Waals surface area contributed by atoms with Gasteiger partial charge in [0.25, 0.3) is 5.91 Å². The molecule has 3 heterocycles. The topological polar surface area (TPSA) is 97.4 Å². The lowest BCUT2D eigenvalue weighted by molar-refractivity contribution is -0.141. The maximum absolute atomic E-state index is 12.7. The van der Waals surface area contributed by atoms with Gasteiger partial charge in [-0.05, 0) is 25.8 Å². The molecule has 3 aliphatic rings. The largest absolute Gasteiger partial charge is 0.364 e. The fourth-order valence-electron chi connectivity index (χ4n) is 4.40. The Balaban J connectivity index is 1.27. The summed E-state index contributed by atoms with van der Waals surface area (Å²) in [7, 11) is 0. The molecule has 25 heavy (non-hydrogen) atoms. The second-order valence-corrected chi connectivity index (χ2v) is 7.62. The van der Waals surface area contributed by atoms with E-state index in [1.54, 1.807) is 10.9 Å². The quantitative estimate of drug-likeness (QED) is 0.852. The SMILES string of the molecule is NC(=O)c1cn(C2CN(C(=O)C3CCN(C4CCCCC4)C3)C2)nn1. The van der Waals surface area contributed by atoms with Crippen LogP contribution in [0, 0.1) is 5.92 Å². The summed E-state index contributed by atoms with van der Waals surface area (Å²) in [6.07, 6.45) is 9.16. The molecule has 3 fully saturated rings. The summed E-state index contributed by atoms with van der Waals surface area (Å²) < 4.78 is 1.65. The minimum absolute atomic E-state index is 0.0976. The molecule has 136 valence electrons. The van der Waals surface area contributed by atoms with Crippen molar-refractivity contribution in [2.75, 3.05) is 26.2 Å². The van der Waals surface area contributed by atoms with Crippen LogP contribution < -0.4 is 5.73 Å². The van der Waals surface area contributed by atoms with Crippen molar-refractivity contribution in [3.8, 4) is 0 Å². The van der Waals surface area contributed by atoms with Gasteiger partial charge in [0.2, 0.25) is 5.91 Å². The monoisotopic (exact) mass is 346 g/mol. The van der Waals surface area contributed by atoms with Crippen LogP contribution in [-0.4, -0.2) is 68.8 Å². The Kier molecular flexibility index (Phi) is 4.45. The predicted octanol–water partition coefficient (Wildman–Crippen LogP) is 0.415. The number of nitrogens with two attached hydrogens (primary N) is 1. The molecule has 1 aromatic heterocycles. The average Bonchev–Trinajstić information content (AvgIpc) is 3.24. The first kappa shape index (κ1) is 16.5. The summed E-state index contributed by atoms with van der Waals surface area (Å²) in [5, 5.41) is 7.70. The highest BCUT2D eigenvalue weighted by atomic mass is 16.2. The highest BCUT2D eigenvalue weighted by Crippen LogP contribution is 2.30. The van der Waals surface area contributed by atoms with Crippen molar-refractivity contribution in [1.29, 1.82) is 0 Å². The molecule has 2 saturated heterocycles. The second-order valence-electron chi connectivity index (χ2n) is 7.62. The zero-order chi connectivity index (χ0) is 17.4. The lowest BCUT2D eigenvalue weighted by Gasteiger charge is -2.40. The van der Waals surface area contributed by atoms with E-state index in [1.165, 1.54) is 32.1 Å². The van der Waals surface area contributed by atoms with Gasteiger partial charge in [-0.2, -0.15) is 0 Å². The zero-order valence-electron chi connectivity index (χ0n) is 14.5. The Labute approximate surface area is 147 Å². The Morgan fingerprint density at radius 1 is 1.04 bits per heavy atom.